The molecule has 0 unspecified atom stereocenters. The summed E-state index contributed by atoms with van der Waals surface area (Å²) in [7, 11) is 0. The van der Waals surface area contributed by atoms with Crippen LogP contribution in [-0.4, -0.2) is 0 Å². The molecule has 60 heavy (non-hydrogen) atoms. The molecule has 11 aromatic carbocycles. The minimum atomic E-state index is 0.862. The van der Waals surface area contributed by atoms with Crippen molar-refractivity contribution in [3.05, 3.63) is 224 Å². The van der Waals surface area contributed by atoms with Crippen LogP contribution < -0.4 is 4.90 Å². The van der Waals surface area contributed by atoms with Crippen molar-refractivity contribution in [2.45, 2.75) is 0 Å². The Kier molecular flexibility index (Phi) is 7.89. The van der Waals surface area contributed by atoms with Gasteiger partial charge in [0, 0.05) is 33.8 Å². The summed E-state index contributed by atoms with van der Waals surface area (Å²) in [6.07, 6.45) is 0. The summed E-state index contributed by atoms with van der Waals surface area (Å²) in [4.78, 5) is 2.40. The number of fused-ring (bicyclic) bond motifs is 9. The standard InChI is InChI=1S/C58H37NO/c1-3-16-39(17-4-1)57-52-24-10-9-22-48(52)49-32-29-42(36-53(49)58(57)40-18-5-2-6-19-40)47-21-11-13-25-54(47)59(44-31-34-51-50-23-12-14-26-55(50)60-56(51)37-44)43-30-33-46-41(35-43)28-27-38-15-7-8-20-45(38)46/h1-37H. The molecule has 0 amide bonds. The fourth-order valence-electron chi connectivity index (χ4n) is 9.50. The predicted molar refractivity (Wildman–Crippen MR) is 255 cm³/mol. The van der Waals surface area contributed by atoms with Gasteiger partial charge in [-0.25, -0.2) is 0 Å². The van der Waals surface area contributed by atoms with E-state index in [0.717, 1.165) is 50.1 Å². The van der Waals surface area contributed by atoms with Crippen LogP contribution in [0.25, 0.3) is 98.4 Å². The molecule has 0 atom stereocenters. The van der Waals surface area contributed by atoms with Gasteiger partial charge in [-0.05, 0) is 113 Å². The van der Waals surface area contributed by atoms with E-state index in [1.54, 1.807) is 0 Å². The van der Waals surface area contributed by atoms with Crippen LogP contribution in [0.5, 0.6) is 0 Å². The molecular weight excluding hydrogens is 727 g/mol. The number of furan rings is 1. The van der Waals surface area contributed by atoms with Crippen LogP contribution in [0.4, 0.5) is 17.1 Å². The fraction of sp³-hybridized carbons (Fsp3) is 0. The van der Waals surface area contributed by atoms with Crippen molar-refractivity contribution < 1.29 is 4.42 Å². The van der Waals surface area contributed by atoms with Crippen LogP contribution in [0.2, 0.25) is 0 Å². The number of hydrogen-bond donors (Lipinski definition) is 0. The highest BCUT2D eigenvalue weighted by Crippen LogP contribution is 2.48. The van der Waals surface area contributed by atoms with Crippen molar-refractivity contribution in [1.29, 1.82) is 0 Å². The van der Waals surface area contributed by atoms with E-state index < -0.39 is 0 Å². The van der Waals surface area contributed by atoms with Gasteiger partial charge in [-0.1, -0.05) is 176 Å². The van der Waals surface area contributed by atoms with E-state index in [0.29, 0.717) is 0 Å². The Morgan fingerprint density at radius 3 is 1.62 bits per heavy atom. The lowest BCUT2D eigenvalue weighted by molar-refractivity contribution is 0.669. The summed E-state index contributed by atoms with van der Waals surface area (Å²) in [5, 5.41) is 12.1. The van der Waals surface area contributed by atoms with E-state index in [9.17, 15) is 0 Å². The molecule has 2 heteroatoms. The van der Waals surface area contributed by atoms with Gasteiger partial charge in [0.05, 0.1) is 5.69 Å². The van der Waals surface area contributed by atoms with E-state index in [1.165, 1.54) is 65.3 Å². The smallest absolute Gasteiger partial charge is 0.137 e. The fourth-order valence-corrected chi connectivity index (χ4v) is 9.50. The van der Waals surface area contributed by atoms with Gasteiger partial charge in [0.2, 0.25) is 0 Å². The molecular formula is C58H37NO. The molecule has 0 aliphatic rings. The number of hydrogen-bond acceptors (Lipinski definition) is 2. The zero-order valence-corrected chi connectivity index (χ0v) is 32.7. The zero-order valence-electron chi connectivity index (χ0n) is 32.7. The molecule has 1 heterocycles. The molecule has 0 aliphatic heterocycles. The Morgan fingerprint density at radius 1 is 0.283 bits per heavy atom. The molecule has 12 rings (SSSR count). The maximum Gasteiger partial charge on any atom is 0.137 e. The second-order valence-corrected chi connectivity index (χ2v) is 15.6. The average molecular weight is 764 g/mol. The Balaban J connectivity index is 1.12. The Bertz CT molecular complexity index is 3600. The van der Waals surface area contributed by atoms with E-state index in [2.05, 4.69) is 217 Å². The zero-order chi connectivity index (χ0) is 39.6. The number of rotatable bonds is 6. The molecule has 2 nitrogen and oxygen atoms in total. The number of benzene rings is 11. The molecule has 0 saturated carbocycles. The average Bonchev–Trinajstić information content (AvgIpc) is 3.69. The second-order valence-electron chi connectivity index (χ2n) is 15.6. The Hall–Kier alpha value is -7.94. The molecule has 0 bridgehead atoms. The second kappa shape index (κ2) is 13.9. The first kappa shape index (κ1) is 34.1. The number of anilines is 3. The van der Waals surface area contributed by atoms with Gasteiger partial charge in [0.15, 0.2) is 0 Å². The lowest BCUT2D eigenvalue weighted by atomic mass is 9.84. The lowest BCUT2D eigenvalue weighted by Crippen LogP contribution is -2.11. The molecule has 0 N–H and O–H groups in total. The molecule has 0 fully saturated rings. The summed E-state index contributed by atoms with van der Waals surface area (Å²) < 4.78 is 6.51. The monoisotopic (exact) mass is 763 g/mol. The first-order valence-corrected chi connectivity index (χ1v) is 20.6. The van der Waals surface area contributed by atoms with Crippen LogP contribution in [0.3, 0.4) is 0 Å². The Morgan fingerprint density at radius 2 is 0.817 bits per heavy atom. The highest BCUT2D eigenvalue weighted by Gasteiger charge is 2.22. The minimum absolute atomic E-state index is 0.862. The van der Waals surface area contributed by atoms with Gasteiger partial charge < -0.3 is 9.32 Å². The van der Waals surface area contributed by atoms with E-state index in [-0.39, 0.29) is 0 Å². The topological polar surface area (TPSA) is 16.4 Å². The van der Waals surface area contributed by atoms with Crippen molar-refractivity contribution in [3.8, 4) is 33.4 Å². The van der Waals surface area contributed by atoms with Crippen LogP contribution in [0.15, 0.2) is 229 Å². The third-order valence-electron chi connectivity index (χ3n) is 12.2. The maximum atomic E-state index is 6.51. The van der Waals surface area contributed by atoms with Crippen LogP contribution in [0.1, 0.15) is 0 Å². The van der Waals surface area contributed by atoms with Crippen LogP contribution in [-0.2, 0) is 0 Å². The van der Waals surface area contributed by atoms with Gasteiger partial charge in [-0.2, -0.15) is 0 Å². The summed E-state index contributed by atoms with van der Waals surface area (Å²) in [5.74, 6) is 0. The minimum Gasteiger partial charge on any atom is -0.456 e. The Labute approximate surface area is 347 Å². The van der Waals surface area contributed by atoms with Crippen molar-refractivity contribution in [3.63, 3.8) is 0 Å². The number of nitrogens with zero attached hydrogens (tertiary/aromatic N) is 1. The van der Waals surface area contributed by atoms with Gasteiger partial charge in [-0.3, -0.25) is 0 Å². The highest BCUT2D eigenvalue weighted by atomic mass is 16.3. The van der Waals surface area contributed by atoms with E-state index in [1.807, 2.05) is 12.1 Å². The van der Waals surface area contributed by atoms with Crippen molar-refractivity contribution in [1.82, 2.24) is 0 Å². The van der Waals surface area contributed by atoms with E-state index >= 15 is 0 Å². The van der Waals surface area contributed by atoms with Crippen molar-refractivity contribution >= 4 is 82.1 Å². The van der Waals surface area contributed by atoms with Gasteiger partial charge in [0.25, 0.3) is 0 Å². The van der Waals surface area contributed by atoms with Crippen LogP contribution in [0, 0.1) is 0 Å². The largest absolute Gasteiger partial charge is 0.456 e. The van der Waals surface area contributed by atoms with Gasteiger partial charge >= 0.3 is 0 Å². The SMILES string of the molecule is c1ccc(-c2c(-c3ccccc3)c3cc(-c4ccccc4N(c4ccc5c(ccc6ccccc65)c4)c4ccc5c(c4)oc4ccccc45)ccc3c3ccccc23)cc1. The molecule has 1 aromatic heterocycles. The van der Waals surface area contributed by atoms with Gasteiger partial charge in [0.1, 0.15) is 11.2 Å². The normalized spacial score (nSPS) is 11.7. The molecule has 280 valence electrons. The molecule has 12 aromatic rings. The number of para-hydroxylation sites is 2. The third-order valence-corrected chi connectivity index (χ3v) is 12.2. The van der Waals surface area contributed by atoms with Crippen LogP contribution >= 0.6 is 0 Å². The lowest BCUT2D eigenvalue weighted by Gasteiger charge is -2.28. The molecule has 0 radical (unpaired) electrons. The van der Waals surface area contributed by atoms with E-state index in [4.69, 9.17) is 4.42 Å². The third kappa shape index (κ3) is 5.50. The van der Waals surface area contributed by atoms with Gasteiger partial charge in [-0.15, -0.1) is 0 Å². The van der Waals surface area contributed by atoms with Crippen molar-refractivity contribution in [2.24, 2.45) is 0 Å². The quantitative estimate of drug-likeness (QED) is 0.157. The maximum absolute atomic E-state index is 6.51. The summed E-state index contributed by atoms with van der Waals surface area (Å²) in [6.45, 7) is 0. The molecule has 0 spiro atoms. The summed E-state index contributed by atoms with van der Waals surface area (Å²) >= 11 is 0. The van der Waals surface area contributed by atoms with Crippen molar-refractivity contribution in [2.75, 3.05) is 4.90 Å². The first-order valence-electron chi connectivity index (χ1n) is 20.6. The summed E-state index contributed by atoms with van der Waals surface area (Å²) in [5.41, 5.74) is 12.1. The molecule has 0 saturated heterocycles. The first-order chi connectivity index (χ1) is 29.8. The predicted octanol–water partition coefficient (Wildman–Crippen LogP) is 16.7. The highest BCUT2D eigenvalue weighted by molar-refractivity contribution is 6.22. The summed E-state index contributed by atoms with van der Waals surface area (Å²) in [6, 6.07) is 81.4. The molecule has 0 aliphatic carbocycles.